The Labute approximate surface area is 94.1 Å². The molecule has 80 valence electrons. The summed E-state index contributed by atoms with van der Waals surface area (Å²) in [5.41, 5.74) is 0.701. The maximum absolute atomic E-state index is 11.7. The largest absolute Gasteiger partial charge is 0.302 e. The van der Waals surface area contributed by atoms with Gasteiger partial charge in [-0.25, -0.2) is 0 Å². The molecule has 0 amide bonds. The fraction of sp³-hybridized carbons (Fsp3) is 0.333. The van der Waals surface area contributed by atoms with E-state index in [1.807, 2.05) is 32.0 Å². The van der Waals surface area contributed by atoms with Gasteiger partial charge in [-0.2, -0.15) is 0 Å². The highest BCUT2D eigenvalue weighted by Gasteiger charge is 2.18. The van der Waals surface area contributed by atoms with Gasteiger partial charge in [0.2, 0.25) is 0 Å². The lowest BCUT2D eigenvalue weighted by Gasteiger charge is -2.14. The summed E-state index contributed by atoms with van der Waals surface area (Å²) in [6.07, 6.45) is 0.871. The molecule has 0 bridgehead atoms. The first kappa shape index (κ1) is 12.0. The van der Waals surface area contributed by atoms with Crippen molar-refractivity contribution in [2.45, 2.75) is 18.6 Å². The second kappa shape index (κ2) is 5.12. The smallest absolute Gasteiger partial charge is 0.172 e. The lowest BCUT2D eigenvalue weighted by molar-refractivity contribution is -0.109. The number of hydrogen-bond acceptors (Lipinski definition) is 3. The standard InChI is InChI=1S/C12H14O2S/c1-12(2,9-13)15-8-11(14)10-6-4-3-5-7-10/h3-7,9H,8H2,1-2H3. The van der Waals surface area contributed by atoms with E-state index in [1.54, 1.807) is 12.1 Å². The first-order valence-corrected chi connectivity index (χ1v) is 5.72. The maximum atomic E-state index is 11.7. The van der Waals surface area contributed by atoms with Gasteiger partial charge < -0.3 is 4.79 Å². The number of carbonyl (C=O) groups excluding carboxylic acids is 2. The molecule has 0 saturated heterocycles. The van der Waals surface area contributed by atoms with E-state index in [9.17, 15) is 9.59 Å². The number of Topliss-reactive ketones (excluding diaryl/α,β-unsaturated/α-hetero) is 1. The number of rotatable bonds is 5. The lowest BCUT2D eigenvalue weighted by Crippen LogP contribution is -2.19. The van der Waals surface area contributed by atoms with E-state index < -0.39 is 4.75 Å². The van der Waals surface area contributed by atoms with Crippen molar-refractivity contribution in [3.63, 3.8) is 0 Å². The monoisotopic (exact) mass is 222 g/mol. The van der Waals surface area contributed by atoms with E-state index in [-0.39, 0.29) is 5.78 Å². The SMILES string of the molecule is CC(C)(C=O)SCC(=O)c1ccccc1. The van der Waals surface area contributed by atoms with Crippen LogP contribution in [0.1, 0.15) is 24.2 Å². The van der Waals surface area contributed by atoms with Crippen LogP contribution in [0.25, 0.3) is 0 Å². The van der Waals surface area contributed by atoms with Crippen molar-refractivity contribution in [2.75, 3.05) is 5.75 Å². The average molecular weight is 222 g/mol. The number of carbonyl (C=O) groups is 2. The van der Waals surface area contributed by atoms with E-state index in [0.29, 0.717) is 11.3 Å². The van der Waals surface area contributed by atoms with Crippen molar-refractivity contribution in [1.29, 1.82) is 0 Å². The first-order valence-electron chi connectivity index (χ1n) is 4.74. The molecule has 0 unspecified atom stereocenters. The Balaban J connectivity index is 2.55. The van der Waals surface area contributed by atoms with Gasteiger partial charge in [-0.3, -0.25) is 4.79 Å². The summed E-state index contributed by atoms with van der Waals surface area (Å²) in [4.78, 5) is 22.3. The van der Waals surface area contributed by atoms with Crippen molar-refractivity contribution >= 4 is 23.8 Å². The summed E-state index contributed by atoms with van der Waals surface area (Å²) in [5, 5.41) is 0. The molecule has 0 N–H and O–H groups in total. The van der Waals surface area contributed by atoms with Crippen LogP contribution in [0.2, 0.25) is 0 Å². The minimum Gasteiger partial charge on any atom is -0.302 e. The molecule has 1 rings (SSSR count). The fourth-order valence-electron chi connectivity index (χ4n) is 0.993. The van der Waals surface area contributed by atoms with Gasteiger partial charge in [0.25, 0.3) is 0 Å². The summed E-state index contributed by atoms with van der Waals surface area (Å²) in [5.74, 6) is 0.408. The molecule has 0 spiro atoms. The van der Waals surface area contributed by atoms with Gasteiger partial charge in [-0.05, 0) is 13.8 Å². The lowest BCUT2D eigenvalue weighted by atomic mass is 10.2. The summed E-state index contributed by atoms with van der Waals surface area (Å²) >= 11 is 1.36. The minimum absolute atomic E-state index is 0.0653. The van der Waals surface area contributed by atoms with Crippen LogP contribution in [-0.4, -0.2) is 22.6 Å². The minimum atomic E-state index is -0.482. The van der Waals surface area contributed by atoms with Crippen LogP contribution in [0, 0.1) is 0 Å². The predicted molar refractivity (Wildman–Crippen MR) is 63.4 cm³/mol. The maximum Gasteiger partial charge on any atom is 0.172 e. The van der Waals surface area contributed by atoms with Crippen LogP contribution in [-0.2, 0) is 4.79 Å². The molecule has 3 heteroatoms. The third-order valence-corrected chi connectivity index (χ3v) is 3.20. The molecule has 15 heavy (non-hydrogen) atoms. The molecule has 0 heterocycles. The number of aldehydes is 1. The van der Waals surface area contributed by atoms with Gasteiger partial charge in [0.05, 0.1) is 10.5 Å². The Hall–Kier alpha value is -1.09. The molecule has 0 aromatic heterocycles. The number of thioether (sulfide) groups is 1. The summed E-state index contributed by atoms with van der Waals surface area (Å²) in [7, 11) is 0. The van der Waals surface area contributed by atoms with Gasteiger partial charge in [0.15, 0.2) is 5.78 Å². The molecule has 0 aliphatic carbocycles. The molecule has 2 nitrogen and oxygen atoms in total. The Morgan fingerprint density at radius 1 is 1.33 bits per heavy atom. The Bertz CT molecular complexity index is 344. The second-order valence-corrected chi connectivity index (χ2v) is 5.43. The van der Waals surface area contributed by atoms with Crippen LogP contribution >= 0.6 is 11.8 Å². The van der Waals surface area contributed by atoms with E-state index >= 15 is 0 Å². The van der Waals surface area contributed by atoms with Crippen molar-refractivity contribution < 1.29 is 9.59 Å². The average Bonchev–Trinajstić information content (AvgIpc) is 2.27. The summed E-state index contributed by atoms with van der Waals surface area (Å²) in [6, 6.07) is 9.12. The topological polar surface area (TPSA) is 34.1 Å². The molecule has 0 radical (unpaired) electrons. The van der Waals surface area contributed by atoms with Gasteiger partial charge in [-0.15, -0.1) is 11.8 Å². The highest BCUT2D eigenvalue weighted by Crippen LogP contribution is 2.22. The molecular formula is C12H14O2S. The van der Waals surface area contributed by atoms with E-state index in [0.717, 1.165) is 6.29 Å². The normalized spacial score (nSPS) is 11.1. The molecule has 0 aliphatic rings. The molecule has 0 aliphatic heterocycles. The molecular weight excluding hydrogens is 208 g/mol. The van der Waals surface area contributed by atoms with Gasteiger partial charge in [0, 0.05) is 5.56 Å². The first-order chi connectivity index (χ1) is 7.05. The van der Waals surface area contributed by atoms with Crippen LogP contribution in [0.3, 0.4) is 0 Å². The molecule has 0 saturated carbocycles. The van der Waals surface area contributed by atoms with Crippen molar-refractivity contribution in [3.8, 4) is 0 Å². The zero-order valence-electron chi connectivity index (χ0n) is 8.90. The van der Waals surface area contributed by atoms with Crippen LogP contribution in [0.4, 0.5) is 0 Å². The van der Waals surface area contributed by atoms with Gasteiger partial charge in [0.1, 0.15) is 6.29 Å². The second-order valence-electron chi connectivity index (χ2n) is 3.80. The Kier molecular flexibility index (Phi) is 4.09. The van der Waals surface area contributed by atoms with Crippen LogP contribution in [0.5, 0.6) is 0 Å². The van der Waals surface area contributed by atoms with Crippen LogP contribution < -0.4 is 0 Å². The zero-order valence-corrected chi connectivity index (χ0v) is 9.71. The third-order valence-electron chi connectivity index (χ3n) is 1.95. The Morgan fingerprint density at radius 3 is 2.47 bits per heavy atom. The number of benzene rings is 1. The van der Waals surface area contributed by atoms with Gasteiger partial charge in [-0.1, -0.05) is 30.3 Å². The molecule has 1 aromatic rings. The van der Waals surface area contributed by atoms with Crippen molar-refractivity contribution in [1.82, 2.24) is 0 Å². The van der Waals surface area contributed by atoms with Crippen molar-refractivity contribution in [3.05, 3.63) is 35.9 Å². The van der Waals surface area contributed by atoms with E-state index in [2.05, 4.69) is 0 Å². The highest BCUT2D eigenvalue weighted by molar-refractivity contribution is 8.01. The highest BCUT2D eigenvalue weighted by atomic mass is 32.2. The summed E-state index contributed by atoms with van der Waals surface area (Å²) in [6.45, 7) is 3.62. The molecule has 1 aromatic carbocycles. The van der Waals surface area contributed by atoms with Crippen molar-refractivity contribution in [2.24, 2.45) is 0 Å². The van der Waals surface area contributed by atoms with Crippen LogP contribution in [0.15, 0.2) is 30.3 Å². The van der Waals surface area contributed by atoms with Gasteiger partial charge >= 0.3 is 0 Å². The van der Waals surface area contributed by atoms with E-state index in [4.69, 9.17) is 0 Å². The third kappa shape index (κ3) is 3.88. The quantitative estimate of drug-likeness (QED) is 0.567. The number of ketones is 1. The zero-order chi connectivity index (χ0) is 11.3. The predicted octanol–water partition coefficient (Wildman–Crippen LogP) is 2.58. The van der Waals surface area contributed by atoms with E-state index in [1.165, 1.54) is 11.8 Å². The molecule has 0 atom stereocenters. The molecule has 0 fully saturated rings. The fourth-order valence-corrected chi connectivity index (χ4v) is 1.73. The Morgan fingerprint density at radius 2 is 1.93 bits per heavy atom. The summed E-state index contributed by atoms with van der Waals surface area (Å²) < 4.78 is -0.482. The number of hydrogen-bond donors (Lipinski definition) is 0.